The summed E-state index contributed by atoms with van der Waals surface area (Å²) in [5, 5.41) is 21.7. The lowest BCUT2D eigenvalue weighted by Crippen LogP contribution is -2.41. The Balaban J connectivity index is 2.82. The first-order valence-corrected chi connectivity index (χ1v) is 5.87. The number of primary amides is 1. The third-order valence-corrected chi connectivity index (χ3v) is 2.60. The molecule has 112 valence electrons. The zero-order valence-electron chi connectivity index (χ0n) is 10.8. The van der Waals surface area contributed by atoms with Crippen molar-refractivity contribution in [1.29, 1.82) is 0 Å². The van der Waals surface area contributed by atoms with Gasteiger partial charge in [-0.1, -0.05) is 6.07 Å². The highest BCUT2D eigenvalue weighted by atomic mass is 16.6. The molecule has 0 bridgehead atoms. The molecule has 4 N–H and O–H groups in total. The van der Waals surface area contributed by atoms with Crippen LogP contribution in [0, 0.1) is 10.1 Å². The summed E-state index contributed by atoms with van der Waals surface area (Å²) < 4.78 is 0. The molecule has 1 atom stereocenters. The van der Waals surface area contributed by atoms with E-state index in [2.05, 4.69) is 5.32 Å². The van der Waals surface area contributed by atoms with E-state index < -0.39 is 28.7 Å². The number of hydrogen-bond acceptors (Lipinski definition) is 5. The predicted octanol–water partition coefficient (Wildman–Crippen LogP) is 0.0433. The quantitative estimate of drug-likeness (QED) is 0.477. The zero-order valence-corrected chi connectivity index (χ0v) is 10.8. The number of nitrogens with two attached hydrogens (primary N) is 1. The van der Waals surface area contributed by atoms with Crippen LogP contribution in [0.1, 0.15) is 23.2 Å². The van der Waals surface area contributed by atoms with Crippen LogP contribution in [-0.4, -0.2) is 33.9 Å². The molecular formula is C12H13N3O6. The Morgan fingerprint density at radius 2 is 2.05 bits per heavy atom. The molecule has 9 nitrogen and oxygen atoms in total. The average Bonchev–Trinajstić information content (AvgIpc) is 2.42. The number of nitro benzene ring substituents is 1. The van der Waals surface area contributed by atoms with Crippen LogP contribution < -0.4 is 11.1 Å². The van der Waals surface area contributed by atoms with Gasteiger partial charge in [-0.15, -0.1) is 0 Å². The van der Waals surface area contributed by atoms with Crippen LogP contribution >= 0.6 is 0 Å². The molecule has 0 aliphatic heterocycles. The second-order valence-corrected chi connectivity index (χ2v) is 4.18. The highest BCUT2D eigenvalue weighted by Gasteiger charge is 2.22. The van der Waals surface area contributed by atoms with Gasteiger partial charge in [0.1, 0.15) is 6.04 Å². The van der Waals surface area contributed by atoms with Crippen LogP contribution in [0.25, 0.3) is 0 Å². The number of carboxylic acids is 1. The van der Waals surface area contributed by atoms with Gasteiger partial charge in [0.25, 0.3) is 11.6 Å². The van der Waals surface area contributed by atoms with Crippen molar-refractivity contribution < 1.29 is 24.4 Å². The number of benzene rings is 1. The van der Waals surface area contributed by atoms with Crippen molar-refractivity contribution >= 4 is 23.5 Å². The Labute approximate surface area is 118 Å². The maximum Gasteiger partial charge on any atom is 0.326 e. The number of nitrogens with zero attached hydrogens (tertiary/aromatic N) is 1. The van der Waals surface area contributed by atoms with Crippen molar-refractivity contribution in [2.45, 2.75) is 18.9 Å². The summed E-state index contributed by atoms with van der Waals surface area (Å²) in [6, 6.07) is 3.56. The molecule has 1 aromatic rings. The first-order valence-electron chi connectivity index (χ1n) is 5.87. The van der Waals surface area contributed by atoms with Crippen molar-refractivity contribution in [3.8, 4) is 0 Å². The Morgan fingerprint density at radius 3 is 2.57 bits per heavy atom. The lowest BCUT2D eigenvalue weighted by Gasteiger charge is -2.13. The van der Waals surface area contributed by atoms with Gasteiger partial charge in [-0.2, -0.15) is 0 Å². The van der Waals surface area contributed by atoms with Crippen LogP contribution in [0.3, 0.4) is 0 Å². The Hall–Kier alpha value is -2.97. The number of amides is 2. The topological polar surface area (TPSA) is 153 Å². The van der Waals surface area contributed by atoms with E-state index in [1.165, 1.54) is 18.2 Å². The van der Waals surface area contributed by atoms with Crippen LogP contribution in [0.2, 0.25) is 0 Å². The number of carbonyl (C=O) groups is 3. The number of nitrogens with one attached hydrogen (secondary N) is 1. The summed E-state index contributed by atoms with van der Waals surface area (Å²) in [4.78, 5) is 43.4. The highest BCUT2D eigenvalue weighted by Crippen LogP contribution is 2.13. The van der Waals surface area contributed by atoms with Gasteiger partial charge in [0.15, 0.2) is 0 Å². The number of nitro groups is 1. The summed E-state index contributed by atoms with van der Waals surface area (Å²) in [5.74, 6) is -2.79. The molecule has 1 rings (SSSR count). The lowest BCUT2D eigenvalue weighted by molar-refractivity contribution is -0.384. The maximum absolute atomic E-state index is 11.9. The van der Waals surface area contributed by atoms with Gasteiger partial charge >= 0.3 is 5.97 Å². The molecule has 0 saturated heterocycles. The molecule has 0 fully saturated rings. The van der Waals surface area contributed by atoms with E-state index in [-0.39, 0.29) is 24.1 Å². The Bertz CT molecular complexity index is 586. The molecule has 0 radical (unpaired) electrons. The molecule has 0 aliphatic rings. The van der Waals surface area contributed by atoms with Crippen LogP contribution in [0.15, 0.2) is 24.3 Å². The monoisotopic (exact) mass is 295 g/mol. The summed E-state index contributed by atoms with van der Waals surface area (Å²) >= 11 is 0. The number of rotatable bonds is 7. The number of non-ortho nitro benzene ring substituents is 1. The first kappa shape index (κ1) is 16.1. The van der Waals surface area contributed by atoms with E-state index in [0.717, 1.165) is 6.07 Å². The molecule has 0 aliphatic carbocycles. The van der Waals surface area contributed by atoms with Crippen molar-refractivity contribution in [2.24, 2.45) is 5.73 Å². The number of hydrogen-bond donors (Lipinski definition) is 3. The molecule has 0 aromatic heterocycles. The van der Waals surface area contributed by atoms with E-state index in [1.54, 1.807) is 0 Å². The molecule has 2 amide bonds. The van der Waals surface area contributed by atoms with Gasteiger partial charge in [0, 0.05) is 24.1 Å². The second-order valence-electron chi connectivity index (χ2n) is 4.18. The standard InChI is InChI=1S/C12H13N3O6/c13-10(16)5-4-9(12(18)19)14-11(17)7-2-1-3-8(6-7)15(20)21/h1-3,6,9H,4-5H2,(H2,13,16)(H,14,17)(H,18,19)/t9-/m0/s1. The summed E-state index contributed by atoms with van der Waals surface area (Å²) in [5.41, 5.74) is 4.58. The molecular weight excluding hydrogens is 282 g/mol. The lowest BCUT2D eigenvalue weighted by atomic mass is 10.1. The van der Waals surface area contributed by atoms with Crippen LogP contribution in [0.4, 0.5) is 5.69 Å². The van der Waals surface area contributed by atoms with Gasteiger partial charge in [0.2, 0.25) is 5.91 Å². The third-order valence-electron chi connectivity index (χ3n) is 2.60. The van der Waals surface area contributed by atoms with Crippen LogP contribution in [-0.2, 0) is 9.59 Å². The first-order chi connectivity index (χ1) is 9.81. The second kappa shape index (κ2) is 6.98. The number of carboxylic acid groups (broad SMARTS) is 1. The Morgan fingerprint density at radius 1 is 1.38 bits per heavy atom. The summed E-state index contributed by atoms with van der Waals surface area (Å²) in [7, 11) is 0. The SMILES string of the molecule is NC(=O)CC[C@H](NC(=O)c1cccc([N+](=O)[O-])c1)C(=O)O. The number of aliphatic carboxylic acids is 1. The highest BCUT2D eigenvalue weighted by molar-refractivity contribution is 5.97. The zero-order chi connectivity index (χ0) is 16.0. The van der Waals surface area contributed by atoms with E-state index in [4.69, 9.17) is 10.8 Å². The minimum Gasteiger partial charge on any atom is -0.480 e. The molecule has 0 unspecified atom stereocenters. The minimum atomic E-state index is -1.32. The molecule has 0 heterocycles. The fourth-order valence-corrected chi connectivity index (χ4v) is 1.55. The fourth-order valence-electron chi connectivity index (χ4n) is 1.55. The van der Waals surface area contributed by atoms with Crippen molar-refractivity contribution in [3.05, 3.63) is 39.9 Å². The van der Waals surface area contributed by atoms with E-state index in [0.29, 0.717) is 0 Å². The van der Waals surface area contributed by atoms with E-state index in [9.17, 15) is 24.5 Å². The normalized spacial score (nSPS) is 11.4. The van der Waals surface area contributed by atoms with Crippen LogP contribution in [0.5, 0.6) is 0 Å². The summed E-state index contributed by atoms with van der Waals surface area (Å²) in [6.07, 6.45) is -0.364. The van der Waals surface area contributed by atoms with Gasteiger partial charge in [-0.3, -0.25) is 19.7 Å². The van der Waals surface area contributed by atoms with Crippen molar-refractivity contribution in [2.75, 3.05) is 0 Å². The van der Waals surface area contributed by atoms with Gasteiger partial charge in [0.05, 0.1) is 4.92 Å². The average molecular weight is 295 g/mol. The maximum atomic E-state index is 11.9. The third kappa shape index (κ3) is 4.90. The minimum absolute atomic E-state index is 0.0467. The Kier molecular flexibility index (Phi) is 5.35. The van der Waals surface area contributed by atoms with Crippen molar-refractivity contribution in [1.82, 2.24) is 5.32 Å². The van der Waals surface area contributed by atoms with E-state index in [1.807, 2.05) is 0 Å². The fraction of sp³-hybridized carbons (Fsp3) is 0.250. The molecule has 0 spiro atoms. The smallest absolute Gasteiger partial charge is 0.326 e. The largest absolute Gasteiger partial charge is 0.480 e. The number of carbonyl (C=O) groups excluding carboxylic acids is 2. The van der Waals surface area contributed by atoms with Crippen molar-refractivity contribution in [3.63, 3.8) is 0 Å². The summed E-state index contributed by atoms with van der Waals surface area (Å²) in [6.45, 7) is 0. The molecule has 21 heavy (non-hydrogen) atoms. The molecule has 1 aromatic carbocycles. The van der Waals surface area contributed by atoms with Gasteiger partial charge in [-0.25, -0.2) is 4.79 Å². The van der Waals surface area contributed by atoms with E-state index >= 15 is 0 Å². The van der Waals surface area contributed by atoms with Gasteiger partial charge < -0.3 is 16.2 Å². The molecule has 9 heteroatoms. The molecule has 0 saturated carbocycles. The van der Waals surface area contributed by atoms with Gasteiger partial charge in [-0.05, 0) is 12.5 Å². The predicted molar refractivity (Wildman–Crippen MR) is 70.4 cm³/mol.